The monoisotopic (exact) mass is 674 g/mol. The van der Waals surface area contributed by atoms with E-state index in [1.54, 1.807) is 0 Å². The minimum atomic E-state index is 0.770. The number of anilines is 2. The van der Waals surface area contributed by atoms with E-state index in [4.69, 9.17) is 0 Å². The lowest BCUT2D eigenvalue weighted by molar-refractivity contribution is 1.02. The van der Waals surface area contributed by atoms with E-state index in [0.717, 1.165) is 30.6 Å². The van der Waals surface area contributed by atoms with Gasteiger partial charge in [-0.05, 0) is 114 Å². The van der Waals surface area contributed by atoms with Crippen LogP contribution in [0.15, 0.2) is 152 Å². The van der Waals surface area contributed by atoms with Crippen molar-refractivity contribution >= 4 is 35.7 Å². The van der Waals surface area contributed by atoms with E-state index < -0.39 is 0 Å². The van der Waals surface area contributed by atoms with Gasteiger partial charge in [-0.15, -0.1) is 0 Å². The minimum Gasteiger partial charge on any atom is -0.355 e. The molecule has 1 aliphatic carbocycles. The van der Waals surface area contributed by atoms with Gasteiger partial charge in [-0.1, -0.05) is 147 Å². The highest BCUT2D eigenvalue weighted by Crippen LogP contribution is 2.37. The van der Waals surface area contributed by atoms with Crippen LogP contribution in [0.5, 0.6) is 0 Å². The standard InChI is InChI=1S/C50H46N2/c1-5-7-20-38-32-36(3)33-43(34-38)52-48(44(6-2)46-28-12-9-13-30-49(46)52)31-18-24-40-23-17-29-47(45-27-15-14-19-37(45)4)50(40)51-42-26-16-25-41(35-42)39-21-10-8-11-22-39/h5,7-8,10-23,25-35,51H,1,6,9,24H2,2-4H3/b20-7+,31-18-. The van der Waals surface area contributed by atoms with E-state index in [0.29, 0.717) is 0 Å². The van der Waals surface area contributed by atoms with Crippen LogP contribution in [-0.4, -0.2) is 4.57 Å². The number of benzene rings is 5. The third-order valence-electron chi connectivity index (χ3n) is 9.78. The first-order chi connectivity index (χ1) is 25.5. The number of aryl methyl sites for hydroxylation is 2. The molecule has 256 valence electrons. The van der Waals surface area contributed by atoms with Crippen LogP contribution in [0.3, 0.4) is 0 Å². The molecule has 2 nitrogen and oxygen atoms in total. The summed E-state index contributed by atoms with van der Waals surface area (Å²) in [7, 11) is 0. The summed E-state index contributed by atoms with van der Waals surface area (Å²) >= 11 is 0. The fourth-order valence-corrected chi connectivity index (χ4v) is 7.36. The molecule has 1 aliphatic rings. The first-order valence-corrected chi connectivity index (χ1v) is 18.3. The van der Waals surface area contributed by atoms with Crippen LogP contribution < -0.4 is 5.32 Å². The summed E-state index contributed by atoms with van der Waals surface area (Å²) in [5, 5.41) is 3.89. The third kappa shape index (κ3) is 7.33. The number of allylic oxidation sites excluding steroid dienone is 5. The second kappa shape index (κ2) is 15.8. The van der Waals surface area contributed by atoms with Gasteiger partial charge >= 0.3 is 0 Å². The lowest BCUT2D eigenvalue weighted by Crippen LogP contribution is -2.02. The summed E-state index contributed by atoms with van der Waals surface area (Å²) in [6.45, 7) is 10.5. The second-order valence-corrected chi connectivity index (χ2v) is 13.4. The van der Waals surface area contributed by atoms with Crippen molar-refractivity contribution in [3.05, 3.63) is 197 Å². The number of para-hydroxylation sites is 1. The molecule has 1 aromatic heterocycles. The molecule has 2 heteroatoms. The average Bonchev–Trinajstić information content (AvgIpc) is 3.27. The fraction of sp³-hybridized carbons (Fsp3) is 0.120. The van der Waals surface area contributed by atoms with Gasteiger partial charge < -0.3 is 9.88 Å². The highest BCUT2D eigenvalue weighted by atomic mass is 15.0. The van der Waals surface area contributed by atoms with Gasteiger partial charge in [-0.3, -0.25) is 0 Å². The molecule has 5 aromatic carbocycles. The van der Waals surface area contributed by atoms with E-state index in [1.807, 2.05) is 12.2 Å². The number of aromatic nitrogens is 1. The van der Waals surface area contributed by atoms with Gasteiger partial charge in [0, 0.05) is 33.9 Å². The molecule has 0 spiro atoms. The van der Waals surface area contributed by atoms with Crippen molar-refractivity contribution in [2.24, 2.45) is 0 Å². The van der Waals surface area contributed by atoms with Crippen LogP contribution in [0.2, 0.25) is 0 Å². The first-order valence-electron chi connectivity index (χ1n) is 18.3. The number of nitrogens with zero attached hydrogens (tertiary/aromatic N) is 1. The molecule has 7 rings (SSSR count). The molecule has 52 heavy (non-hydrogen) atoms. The molecular weight excluding hydrogens is 629 g/mol. The molecule has 1 heterocycles. The Morgan fingerprint density at radius 2 is 1.52 bits per heavy atom. The molecular formula is C50H46N2. The van der Waals surface area contributed by atoms with Crippen LogP contribution in [0.25, 0.3) is 52.2 Å². The second-order valence-electron chi connectivity index (χ2n) is 13.4. The van der Waals surface area contributed by atoms with Crippen molar-refractivity contribution in [2.45, 2.75) is 40.0 Å². The lowest BCUT2D eigenvalue weighted by atomic mass is 9.95. The summed E-state index contributed by atoms with van der Waals surface area (Å²) in [6, 6.07) is 41.5. The van der Waals surface area contributed by atoms with Gasteiger partial charge in [-0.25, -0.2) is 0 Å². The maximum Gasteiger partial charge on any atom is 0.0534 e. The average molecular weight is 675 g/mol. The zero-order valence-electron chi connectivity index (χ0n) is 30.4. The number of rotatable bonds is 11. The van der Waals surface area contributed by atoms with Crippen LogP contribution in [0, 0.1) is 13.8 Å². The molecule has 1 N–H and O–H groups in total. The lowest BCUT2D eigenvalue weighted by Gasteiger charge is -2.18. The number of nitrogens with one attached hydrogen (secondary N) is 1. The maximum atomic E-state index is 3.89. The van der Waals surface area contributed by atoms with Gasteiger partial charge in [0.2, 0.25) is 0 Å². The largest absolute Gasteiger partial charge is 0.355 e. The number of hydrogen-bond acceptors (Lipinski definition) is 1. The summed E-state index contributed by atoms with van der Waals surface area (Å²) < 4.78 is 2.45. The SMILES string of the molecule is C=C/C=C/c1cc(C)cc(-n2c3c(c(CC)c2/C=C\Cc2cccc(-c4ccccc4C)c2Nc2cccc(-c4ccccc4)c2)C=CCC=C3)c1. The topological polar surface area (TPSA) is 17.0 Å². The number of fused-ring (bicyclic) bond motifs is 1. The molecule has 6 aromatic rings. The third-order valence-corrected chi connectivity index (χ3v) is 9.78. The fourth-order valence-electron chi connectivity index (χ4n) is 7.36. The Morgan fingerprint density at radius 3 is 2.35 bits per heavy atom. The molecule has 0 aliphatic heterocycles. The Hall–Kier alpha value is -6.12. The Labute approximate surface area is 309 Å². The van der Waals surface area contributed by atoms with E-state index in [1.165, 1.54) is 72.7 Å². The van der Waals surface area contributed by atoms with E-state index >= 15 is 0 Å². The normalized spacial score (nSPS) is 12.4. The predicted molar refractivity (Wildman–Crippen MR) is 226 cm³/mol. The Bertz CT molecular complexity index is 2340. The zero-order chi connectivity index (χ0) is 35.9. The van der Waals surface area contributed by atoms with Gasteiger partial charge in [0.1, 0.15) is 0 Å². The van der Waals surface area contributed by atoms with Crippen molar-refractivity contribution in [3.63, 3.8) is 0 Å². The molecule has 0 saturated heterocycles. The Kier molecular flexibility index (Phi) is 10.5. The molecule has 0 atom stereocenters. The van der Waals surface area contributed by atoms with Crippen molar-refractivity contribution in [1.29, 1.82) is 0 Å². The van der Waals surface area contributed by atoms with Gasteiger partial charge in [0.15, 0.2) is 0 Å². The van der Waals surface area contributed by atoms with Crippen molar-refractivity contribution in [2.75, 3.05) is 5.32 Å². The molecule has 0 bridgehead atoms. The molecule has 0 fully saturated rings. The molecule has 0 unspecified atom stereocenters. The van der Waals surface area contributed by atoms with E-state index in [2.05, 4.69) is 195 Å². The smallest absolute Gasteiger partial charge is 0.0534 e. The Balaban J connectivity index is 1.32. The van der Waals surface area contributed by atoms with Gasteiger partial charge in [0.25, 0.3) is 0 Å². The van der Waals surface area contributed by atoms with Crippen molar-refractivity contribution < 1.29 is 0 Å². The van der Waals surface area contributed by atoms with Crippen LogP contribution >= 0.6 is 0 Å². The highest BCUT2D eigenvalue weighted by Gasteiger charge is 2.20. The Morgan fingerprint density at radius 1 is 0.750 bits per heavy atom. The van der Waals surface area contributed by atoms with Gasteiger partial charge in [-0.2, -0.15) is 0 Å². The molecule has 0 saturated carbocycles. The quantitative estimate of drug-likeness (QED) is 0.135. The van der Waals surface area contributed by atoms with E-state index in [-0.39, 0.29) is 0 Å². The van der Waals surface area contributed by atoms with E-state index in [9.17, 15) is 0 Å². The summed E-state index contributed by atoms with van der Waals surface area (Å²) in [5.41, 5.74) is 18.2. The highest BCUT2D eigenvalue weighted by molar-refractivity contribution is 5.86. The first kappa shape index (κ1) is 34.3. The van der Waals surface area contributed by atoms with Crippen molar-refractivity contribution in [1.82, 2.24) is 4.57 Å². The maximum absolute atomic E-state index is 3.89. The van der Waals surface area contributed by atoms with Crippen LogP contribution in [-0.2, 0) is 12.8 Å². The summed E-state index contributed by atoms with van der Waals surface area (Å²) in [4.78, 5) is 0. The van der Waals surface area contributed by atoms with Crippen LogP contribution in [0.4, 0.5) is 11.4 Å². The van der Waals surface area contributed by atoms with Gasteiger partial charge in [0.05, 0.1) is 5.69 Å². The molecule has 0 radical (unpaired) electrons. The zero-order valence-corrected chi connectivity index (χ0v) is 30.4. The predicted octanol–water partition coefficient (Wildman–Crippen LogP) is 13.6. The molecule has 0 amide bonds. The minimum absolute atomic E-state index is 0.770. The summed E-state index contributed by atoms with van der Waals surface area (Å²) in [5.74, 6) is 0. The van der Waals surface area contributed by atoms with Crippen molar-refractivity contribution in [3.8, 4) is 27.9 Å². The summed E-state index contributed by atoms with van der Waals surface area (Å²) in [6.07, 6.45) is 22.4. The number of hydrogen-bond donors (Lipinski definition) is 1. The van der Waals surface area contributed by atoms with Crippen LogP contribution in [0.1, 0.15) is 58.1 Å².